The van der Waals surface area contributed by atoms with E-state index in [4.69, 9.17) is 0 Å². The van der Waals surface area contributed by atoms with E-state index >= 15 is 0 Å². The lowest BCUT2D eigenvalue weighted by Gasteiger charge is -2.31. The molecular formula is C25H31F3N2O3S. The maximum Gasteiger partial charge on any atom is 0.416 e. The number of sulfonamides is 1. The molecular weight excluding hydrogens is 465 g/mol. The summed E-state index contributed by atoms with van der Waals surface area (Å²) in [5, 5.41) is 3.09. The molecule has 1 amide bonds. The van der Waals surface area contributed by atoms with Gasteiger partial charge in [-0.25, -0.2) is 8.42 Å². The molecule has 0 spiro atoms. The lowest BCUT2D eigenvalue weighted by molar-refractivity contribution is -0.137. The third-order valence-electron chi connectivity index (χ3n) is 6.24. The number of amides is 1. The van der Waals surface area contributed by atoms with Gasteiger partial charge >= 0.3 is 6.18 Å². The van der Waals surface area contributed by atoms with Gasteiger partial charge in [-0.2, -0.15) is 17.5 Å². The Labute approximate surface area is 199 Å². The van der Waals surface area contributed by atoms with Gasteiger partial charge in [-0.15, -0.1) is 0 Å². The van der Waals surface area contributed by atoms with Crippen LogP contribution in [-0.4, -0.2) is 31.7 Å². The normalized spacial score (nSPS) is 16.3. The summed E-state index contributed by atoms with van der Waals surface area (Å²) in [6.07, 6.45) is -4.03. The fourth-order valence-electron chi connectivity index (χ4n) is 4.26. The minimum Gasteiger partial charge on any atom is -0.325 e. The SMILES string of the molecule is CC(C)c1cccc(C(C)C)c1NC(=O)C1CCN(S(=O)(=O)c2cccc(C(F)(F)F)c2)CC1. The van der Waals surface area contributed by atoms with E-state index in [1.165, 1.54) is 6.07 Å². The minimum absolute atomic E-state index is 0.0690. The second-order valence-electron chi connectivity index (χ2n) is 9.31. The molecule has 1 saturated heterocycles. The van der Waals surface area contributed by atoms with Gasteiger partial charge in [0, 0.05) is 24.7 Å². The summed E-state index contributed by atoms with van der Waals surface area (Å²) < 4.78 is 66.1. The van der Waals surface area contributed by atoms with Gasteiger partial charge in [0.15, 0.2) is 0 Å². The second kappa shape index (κ2) is 10.1. The third-order valence-corrected chi connectivity index (χ3v) is 8.14. The topological polar surface area (TPSA) is 66.5 Å². The van der Waals surface area contributed by atoms with Crippen molar-refractivity contribution in [2.45, 2.75) is 63.4 Å². The quantitative estimate of drug-likeness (QED) is 0.534. The highest BCUT2D eigenvalue weighted by molar-refractivity contribution is 7.89. The highest BCUT2D eigenvalue weighted by Crippen LogP contribution is 2.34. The van der Waals surface area contributed by atoms with Crippen LogP contribution in [0.3, 0.4) is 0 Å². The fraction of sp³-hybridized carbons (Fsp3) is 0.480. The molecule has 0 aromatic heterocycles. The first-order valence-electron chi connectivity index (χ1n) is 11.4. The zero-order valence-corrected chi connectivity index (χ0v) is 20.6. The molecule has 2 aromatic rings. The standard InChI is InChI=1S/C25H31F3N2O3S/c1-16(2)21-9-6-10-22(17(3)4)23(21)29-24(31)18-11-13-30(14-12-18)34(32,33)20-8-5-7-19(15-20)25(26,27)28/h5-10,15-18H,11-14H2,1-4H3,(H,29,31). The Kier molecular flexibility index (Phi) is 7.77. The van der Waals surface area contributed by atoms with Crippen molar-refractivity contribution in [1.29, 1.82) is 0 Å². The largest absolute Gasteiger partial charge is 0.416 e. The summed E-state index contributed by atoms with van der Waals surface area (Å²) in [5.74, 6) is -0.110. The van der Waals surface area contributed by atoms with Gasteiger partial charge in [-0.3, -0.25) is 4.79 Å². The molecule has 2 aromatic carbocycles. The number of nitrogens with zero attached hydrogens (tertiary/aromatic N) is 1. The number of piperidine rings is 1. The Hall–Kier alpha value is -2.39. The van der Waals surface area contributed by atoms with Crippen molar-refractivity contribution in [3.05, 3.63) is 59.2 Å². The lowest BCUT2D eigenvalue weighted by atomic mass is 9.91. The number of halogens is 3. The highest BCUT2D eigenvalue weighted by Gasteiger charge is 2.35. The molecule has 1 aliphatic rings. The van der Waals surface area contributed by atoms with Crippen molar-refractivity contribution >= 4 is 21.6 Å². The molecule has 0 atom stereocenters. The van der Waals surface area contributed by atoms with Gasteiger partial charge in [0.1, 0.15) is 0 Å². The first kappa shape index (κ1) is 26.2. The van der Waals surface area contributed by atoms with Crippen LogP contribution in [0.2, 0.25) is 0 Å². The van der Waals surface area contributed by atoms with E-state index in [-0.39, 0.29) is 36.8 Å². The molecule has 1 heterocycles. The molecule has 0 aliphatic carbocycles. The van der Waals surface area contributed by atoms with Crippen LogP contribution in [0.15, 0.2) is 47.4 Å². The van der Waals surface area contributed by atoms with Crippen molar-refractivity contribution < 1.29 is 26.4 Å². The molecule has 0 saturated carbocycles. The maximum atomic E-state index is 13.1. The number of rotatable bonds is 6. The Balaban J connectivity index is 1.73. The molecule has 3 rings (SSSR count). The van der Waals surface area contributed by atoms with E-state index in [2.05, 4.69) is 33.0 Å². The van der Waals surface area contributed by atoms with Gasteiger partial charge in [-0.05, 0) is 54.0 Å². The van der Waals surface area contributed by atoms with Gasteiger partial charge in [0.05, 0.1) is 10.5 Å². The number of alkyl halides is 3. The van der Waals surface area contributed by atoms with Gasteiger partial charge < -0.3 is 5.32 Å². The van der Waals surface area contributed by atoms with Crippen molar-refractivity contribution in [1.82, 2.24) is 4.31 Å². The lowest BCUT2D eigenvalue weighted by Crippen LogP contribution is -2.41. The van der Waals surface area contributed by atoms with Crippen molar-refractivity contribution in [3.63, 3.8) is 0 Å². The number of hydrogen-bond donors (Lipinski definition) is 1. The summed E-state index contributed by atoms with van der Waals surface area (Å²) >= 11 is 0. The molecule has 1 aliphatic heterocycles. The van der Waals surface area contributed by atoms with Crippen LogP contribution < -0.4 is 5.32 Å². The zero-order chi connectivity index (χ0) is 25.3. The number of carbonyl (C=O) groups is 1. The van der Waals surface area contributed by atoms with E-state index in [0.717, 1.165) is 33.3 Å². The number of hydrogen-bond acceptors (Lipinski definition) is 3. The Bertz CT molecular complexity index is 1110. The summed E-state index contributed by atoms with van der Waals surface area (Å²) in [7, 11) is -4.09. The summed E-state index contributed by atoms with van der Waals surface area (Å²) in [6, 6.07) is 9.73. The molecule has 0 unspecified atom stereocenters. The molecule has 34 heavy (non-hydrogen) atoms. The summed E-state index contributed by atoms with van der Waals surface area (Å²) in [5.41, 5.74) is 1.90. The number of anilines is 1. The van der Waals surface area contributed by atoms with E-state index < -0.39 is 26.7 Å². The maximum absolute atomic E-state index is 13.1. The zero-order valence-electron chi connectivity index (χ0n) is 19.8. The molecule has 1 N–H and O–H groups in total. The average molecular weight is 497 g/mol. The van der Waals surface area contributed by atoms with Crippen molar-refractivity contribution in [2.75, 3.05) is 18.4 Å². The Morgan fingerprint density at radius 1 is 0.971 bits per heavy atom. The monoisotopic (exact) mass is 496 g/mol. The number of benzene rings is 2. The smallest absolute Gasteiger partial charge is 0.325 e. The van der Waals surface area contributed by atoms with Crippen LogP contribution in [0.1, 0.15) is 69.1 Å². The van der Waals surface area contributed by atoms with Gasteiger partial charge in [0.25, 0.3) is 0 Å². The van der Waals surface area contributed by atoms with E-state index in [1.54, 1.807) is 0 Å². The van der Waals surface area contributed by atoms with Crippen LogP contribution in [0.5, 0.6) is 0 Å². The van der Waals surface area contributed by atoms with E-state index in [9.17, 15) is 26.4 Å². The Morgan fingerprint density at radius 3 is 2.00 bits per heavy atom. The molecule has 1 fully saturated rings. The van der Waals surface area contributed by atoms with Gasteiger partial charge in [0.2, 0.25) is 15.9 Å². The second-order valence-corrected chi connectivity index (χ2v) is 11.3. The van der Waals surface area contributed by atoms with E-state index in [1.807, 2.05) is 18.2 Å². The molecule has 0 radical (unpaired) electrons. The number of nitrogens with one attached hydrogen (secondary N) is 1. The van der Waals surface area contributed by atoms with Crippen LogP contribution in [0.4, 0.5) is 18.9 Å². The molecule has 5 nitrogen and oxygen atoms in total. The van der Waals surface area contributed by atoms with Crippen LogP contribution >= 0.6 is 0 Å². The third kappa shape index (κ3) is 5.63. The Morgan fingerprint density at radius 2 is 1.50 bits per heavy atom. The van der Waals surface area contributed by atoms with Crippen LogP contribution in [0, 0.1) is 5.92 Å². The number of para-hydroxylation sites is 1. The minimum atomic E-state index is -4.63. The number of carbonyl (C=O) groups excluding carboxylic acids is 1. The van der Waals surface area contributed by atoms with Crippen LogP contribution in [0.25, 0.3) is 0 Å². The van der Waals surface area contributed by atoms with Crippen molar-refractivity contribution in [2.24, 2.45) is 5.92 Å². The highest BCUT2D eigenvalue weighted by atomic mass is 32.2. The first-order chi connectivity index (χ1) is 15.8. The molecule has 9 heteroatoms. The molecule has 186 valence electrons. The van der Waals surface area contributed by atoms with Crippen molar-refractivity contribution in [3.8, 4) is 0 Å². The summed E-state index contributed by atoms with van der Waals surface area (Å²) in [4.78, 5) is 12.7. The molecule has 0 bridgehead atoms. The predicted octanol–water partition coefficient (Wildman–Crippen LogP) is 5.99. The first-order valence-corrected chi connectivity index (χ1v) is 12.9. The predicted molar refractivity (Wildman–Crippen MR) is 126 cm³/mol. The summed E-state index contributed by atoms with van der Waals surface area (Å²) in [6.45, 7) is 8.38. The van der Waals surface area contributed by atoms with E-state index in [0.29, 0.717) is 18.9 Å². The average Bonchev–Trinajstić information content (AvgIpc) is 2.78. The van der Waals surface area contributed by atoms with Gasteiger partial charge in [-0.1, -0.05) is 52.0 Å². The fourth-order valence-corrected chi connectivity index (χ4v) is 5.78. The van der Waals surface area contributed by atoms with Crippen LogP contribution in [-0.2, 0) is 21.0 Å².